The van der Waals surface area contributed by atoms with Crippen LogP contribution >= 0.6 is 0 Å². The van der Waals surface area contributed by atoms with E-state index in [1.54, 1.807) is 0 Å². The Bertz CT molecular complexity index is 269. The van der Waals surface area contributed by atoms with Gasteiger partial charge in [-0.1, -0.05) is 0 Å². The third kappa shape index (κ3) is 3.64. The van der Waals surface area contributed by atoms with Crippen LogP contribution in [0.5, 0.6) is 0 Å². The van der Waals surface area contributed by atoms with Crippen LogP contribution in [0.25, 0.3) is 0 Å². The molecule has 0 bridgehead atoms. The summed E-state index contributed by atoms with van der Waals surface area (Å²) in [6.07, 6.45) is -4.82. The van der Waals surface area contributed by atoms with Crippen LogP contribution < -0.4 is 5.73 Å². The molecule has 0 aliphatic heterocycles. The maximum atomic E-state index is 12.4. The van der Waals surface area contributed by atoms with Crippen molar-refractivity contribution < 1.29 is 23.1 Å². The molecular formula is C9H17F3N2O2. The van der Waals surface area contributed by atoms with E-state index < -0.39 is 23.2 Å². The SMILES string of the molecule is CN(CC(C)(C)O)C(=O)C(C)(N)C(F)(F)F. The fourth-order valence-electron chi connectivity index (χ4n) is 1.17. The van der Waals surface area contributed by atoms with Crippen LogP contribution in [-0.4, -0.2) is 46.8 Å². The van der Waals surface area contributed by atoms with Crippen molar-refractivity contribution >= 4 is 5.91 Å². The van der Waals surface area contributed by atoms with Gasteiger partial charge in [0.15, 0.2) is 5.54 Å². The molecule has 0 rings (SSSR count). The molecule has 0 spiro atoms. The molecular weight excluding hydrogens is 225 g/mol. The molecule has 1 atom stereocenters. The number of hydrogen-bond acceptors (Lipinski definition) is 3. The minimum Gasteiger partial charge on any atom is -0.389 e. The van der Waals surface area contributed by atoms with Gasteiger partial charge in [-0.2, -0.15) is 13.2 Å². The molecule has 3 N–H and O–H groups in total. The minimum absolute atomic E-state index is 0.227. The number of hydrogen-bond donors (Lipinski definition) is 2. The topological polar surface area (TPSA) is 66.6 Å². The van der Waals surface area contributed by atoms with Crippen molar-refractivity contribution in [3.05, 3.63) is 0 Å². The third-order valence-electron chi connectivity index (χ3n) is 2.00. The number of rotatable bonds is 3. The Hall–Kier alpha value is -0.820. The van der Waals surface area contributed by atoms with E-state index in [2.05, 4.69) is 0 Å². The van der Waals surface area contributed by atoms with E-state index in [4.69, 9.17) is 5.73 Å². The van der Waals surface area contributed by atoms with E-state index in [9.17, 15) is 23.1 Å². The van der Waals surface area contributed by atoms with Crippen LogP contribution in [-0.2, 0) is 4.79 Å². The van der Waals surface area contributed by atoms with Crippen molar-refractivity contribution in [1.29, 1.82) is 0 Å². The lowest BCUT2D eigenvalue weighted by molar-refractivity contribution is -0.194. The smallest absolute Gasteiger partial charge is 0.389 e. The summed E-state index contributed by atoms with van der Waals surface area (Å²) in [5.41, 5.74) is 0.750. The molecule has 0 aromatic carbocycles. The van der Waals surface area contributed by atoms with Crippen LogP contribution in [0.2, 0.25) is 0 Å². The molecule has 0 fully saturated rings. The first-order chi connectivity index (χ1) is 6.79. The summed E-state index contributed by atoms with van der Waals surface area (Å²) in [6, 6.07) is 0. The Morgan fingerprint density at radius 3 is 1.94 bits per heavy atom. The number of carbonyl (C=O) groups is 1. The highest BCUT2D eigenvalue weighted by Gasteiger charge is 2.55. The molecule has 1 unspecified atom stereocenters. The van der Waals surface area contributed by atoms with Crippen molar-refractivity contribution in [3.63, 3.8) is 0 Å². The molecule has 4 nitrogen and oxygen atoms in total. The van der Waals surface area contributed by atoms with Gasteiger partial charge in [-0.3, -0.25) is 4.79 Å². The number of aliphatic hydroxyl groups is 1. The molecule has 1 amide bonds. The van der Waals surface area contributed by atoms with Gasteiger partial charge < -0.3 is 15.7 Å². The van der Waals surface area contributed by atoms with Gasteiger partial charge in [-0.05, 0) is 20.8 Å². The number of likely N-dealkylation sites (N-methyl/N-ethyl adjacent to an activating group) is 1. The van der Waals surface area contributed by atoms with Gasteiger partial charge in [-0.15, -0.1) is 0 Å². The second-order valence-corrected chi connectivity index (χ2v) is 4.67. The Balaban J connectivity index is 4.81. The quantitative estimate of drug-likeness (QED) is 0.757. The van der Waals surface area contributed by atoms with E-state index in [-0.39, 0.29) is 6.54 Å². The van der Waals surface area contributed by atoms with Gasteiger partial charge in [0.1, 0.15) is 0 Å². The average molecular weight is 242 g/mol. The van der Waals surface area contributed by atoms with Crippen LogP contribution in [0.1, 0.15) is 20.8 Å². The summed E-state index contributed by atoms with van der Waals surface area (Å²) in [6.45, 7) is 3.15. The number of alkyl halides is 3. The lowest BCUT2D eigenvalue weighted by atomic mass is 10.0. The van der Waals surface area contributed by atoms with Crippen molar-refractivity contribution in [2.24, 2.45) is 5.73 Å². The predicted molar refractivity (Wildman–Crippen MR) is 52.6 cm³/mol. The average Bonchev–Trinajstić information content (AvgIpc) is 1.97. The molecule has 0 aromatic heterocycles. The second kappa shape index (κ2) is 4.21. The monoisotopic (exact) mass is 242 g/mol. The number of halogens is 3. The standard InChI is InChI=1S/C9H17F3N2O2/c1-7(2,16)5-14(4)6(15)8(3,13)9(10,11)12/h16H,5,13H2,1-4H3. The molecule has 0 radical (unpaired) electrons. The van der Waals surface area contributed by atoms with Crippen molar-refractivity contribution in [1.82, 2.24) is 4.90 Å². The van der Waals surface area contributed by atoms with Crippen molar-refractivity contribution in [3.8, 4) is 0 Å². The lowest BCUT2D eigenvalue weighted by Crippen LogP contribution is -2.62. The summed E-state index contributed by atoms with van der Waals surface area (Å²) in [5, 5.41) is 9.39. The molecule has 0 saturated heterocycles. The van der Waals surface area contributed by atoms with Crippen LogP contribution in [0.4, 0.5) is 13.2 Å². The summed E-state index contributed by atoms with van der Waals surface area (Å²) >= 11 is 0. The van der Waals surface area contributed by atoms with Gasteiger partial charge in [0, 0.05) is 13.6 Å². The number of carbonyl (C=O) groups excluding carboxylic acids is 1. The highest BCUT2D eigenvalue weighted by Crippen LogP contribution is 2.29. The van der Waals surface area contributed by atoms with E-state index in [1.165, 1.54) is 13.8 Å². The molecule has 0 aliphatic carbocycles. The Labute approximate surface area is 92.2 Å². The zero-order chi connectivity index (χ0) is 13.4. The maximum absolute atomic E-state index is 12.4. The minimum atomic E-state index is -4.82. The zero-order valence-electron chi connectivity index (χ0n) is 9.72. The zero-order valence-corrected chi connectivity index (χ0v) is 9.72. The van der Waals surface area contributed by atoms with Gasteiger partial charge in [0.2, 0.25) is 0 Å². The maximum Gasteiger partial charge on any atom is 0.415 e. The van der Waals surface area contributed by atoms with Crippen LogP contribution in [0.3, 0.4) is 0 Å². The third-order valence-corrected chi connectivity index (χ3v) is 2.00. The first-order valence-electron chi connectivity index (χ1n) is 4.62. The van der Waals surface area contributed by atoms with Crippen LogP contribution in [0, 0.1) is 0 Å². The molecule has 0 aliphatic rings. The predicted octanol–water partition coefficient (Wildman–Crippen LogP) is 0.495. The fourth-order valence-corrected chi connectivity index (χ4v) is 1.17. The summed E-state index contributed by atoms with van der Waals surface area (Å²) in [5.74, 6) is -1.28. The fraction of sp³-hybridized carbons (Fsp3) is 0.889. The largest absolute Gasteiger partial charge is 0.415 e. The number of nitrogens with two attached hydrogens (primary N) is 1. The summed E-state index contributed by atoms with van der Waals surface area (Å²) in [7, 11) is 1.16. The van der Waals surface area contributed by atoms with E-state index in [0.717, 1.165) is 11.9 Å². The number of amides is 1. The second-order valence-electron chi connectivity index (χ2n) is 4.67. The van der Waals surface area contributed by atoms with Crippen LogP contribution in [0.15, 0.2) is 0 Å². The van der Waals surface area contributed by atoms with Gasteiger partial charge >= 0.3 is 6.18 Å². The van der Waals surface area contributed by atoms with E-state index in [0.29, 0.717) is 6.92 Å². The molecule has 16 heavy (non-hydrogen) atoms. The Morgan fingerprint density at radius 2 is 1.69 bits per heavy atom. The number of nitrogens with zero attached hydrogens (tertiary/aromatic N) is 1. The van der Waals surface area contributed by atoms with Gasteiger partial charge in [0.25, 0.3) is 5.91 Å². The van der Waals surface area contributed by atoms with Gasteiger partial charge in [0.05, 0.1) is 5.60 Å². The van der Waals surface area contributed by atoms with E-state index >= 15 is 0 Å². The Morgan fingerprint density at radius 1 is 1.31 bits per heavy atom. The molecule has 0 aromatic rings. The summed E-state index contributed by atoms with van der Waals surface area (Å²) in [4.78, 5) is 12.2. The highest BCUT2D eigenvalue weighted by atomic mass is 19.4. The summed E-state index contributed by atoms with van der Waals surface area (Å²) < 4.78 is 37.3. The first-order valence-corrected chi connectivity index (χ1v) is 4.62. The normalized spacial score (nSPS) is 16.8. The highest BCUT2D eigenvalue weighted by molar-refractivity contribution is 5.86. The van der Waals surface area contributed by atoms with Crippen molar-refractivity contribution in [2.45, 2.75) is 38.1 Å². The molecule has 0 saturated carbocycles. The van der Waals surface area contributed by atoms with E-state index in [1.807, 2.05) is 0 Å². The Kier molecular flexibility index (Phi) is 4.00. The first kappa shape index (κ1) is 15.2. The van der Waals surface area contributed by atoms with Crippen molar-refractivity contribution in [2.75, 3.05) is 13.6 Å². The van der Waals surface area contributed by atoms with Gasteiger partial charge in [-0.25, -0.2) is 0 Å². The molecule has 0 heterocycles. The lowest BCUT2D eigenvalue weighted by Gasteiger charge is -2.33. The molecule has 7 heteroatoms. The molecule has 96 valence electrons.